The first-order valence-electron chi connectivity index (χ1n) is 6.94. The molecule has 0 unspecified atom stereocenters. The van der Waals surface area contributed by atoms with Crippen molar-refractivity contribution in [1.82, 2.24) is 4.90 Å². The number of thioether (sulfide) groups is 1. The van der Waals surface area contributed by atoms with Gasteiger partial charge in [0.15, 0.2) is 15.0 Å². The lowest BCUT2D eigenvalue weighted by Crippen LogP contribution is -2.37. The maximum Gasteiger partial charge on any atom is 0.262 e. The van der Waals surface area contributed by atoms with Gasteiger partial charge in [0.1, 0.15) is 5.88 Å². The lowest BCUT2D eigenvalue weighted by Gasteiger charge is -2.24. The van der Waals surface area contributed by atoms with Crippen molar-refractivity contribution in [2.45, 2.75) is 17.8 Å². The Labute approximate surface area is 149 Å². The SMILES string of the molecule is O=C(CCl)N=C1S[C@@H]2CS(=O)(=O)C[C@@H]2N1Cc1ccccc1Cl. The van der Waals surface area contributed by atoms with E-state index in [1.807, 2.05) is 23.1 Å². The van der Waals surface area contributed by atoms with Crippen molar-refractivity contribution in [1.29, 1.82) is 0 Å². The number of sulfone groups is 1. The van der Waals surface area contributed by atoms with Gasteiger partial charge in [-0.2, -0.15) is 4.99 Å². The molecule has 0 saturated carbocycles. The van der Waals surface area contributed by atoms with Gasteiger partial charge < -0.3 is 4.90 Å². The maximum atomic E-state index is 11.9. The average Bonchev–Trinajstić information content (AvgIpc) is 2.94. The summed E-state index contributed by atoms with van der Waals surface area (Å²) >= 11 is 13.1. The van der Waals surface area contributed by atoms with Crippen molar-refractivity contribution in [3.63, 3.8) is 0 Å². The zero-order valence-corrected chi connectivity index (χ0v) is 15.1. The number of amidine groups is 1. The molecule has 1 aromatic rings. The molecule has 1 aromatic carbocycles. The fourth-order valence-corrected chi connectivity index (χ4v) is 6.99. The predicted octanol–water partition coefficient (Wildman–Crippen LogP) is 2.18. The summed E-state index contributed by atoms with van der Waals surface area (Å²) in [7, 11) is -3.06. The van der Waals surface area contributed by atoms with Gasteiger partial charge in [0.05, 0.1) is 17.5 Å². The zero-order valence-electron chi connectivity index (χ0n) is 12.0. The fraction of sp³-hybridized carbons (Fsp3) is 0.429. The minimum absolute atomic E-state index is 0.0726. The van der Waals surface area contributed by atoms with E-state index in [0.29, 0.717) is 16.7 Å². The van der Waals surface area contributed by atoms with E-state index in [-0.39, 0.29) is 28.7 Å². The minimum atomic E-state index is -3.06. The summed E-state index contributed by atoms with van der Waals surface area (Å²) in [6, 6.07) is 7.17. The van der Waals surface area contributed by atoms with Crippen molar-refractivity contribution in [3.05, 3.63) is 34.9 Å². The normalized spacial score (nSPS) is 27.4. The van der Waals surface area contributed by atoms with Gasteiger partial charge in [-0.3, -0.25) is 4.79 Å². The number of fused-ring (bicyclic) bond motifs is 1. The lowest BCUT2D eigenvalue weighted by molar-refractivity contribution is -0.115. The first-order chi connectivity index (χ1) is 10.9. The Morgan fingerprint density at radius 1 is 1.35 bits per heavy atom. The van der Waals surface area contributed by atoms with Gasteiger partial charge in [-0.15, -0.1) is 11.6 Å². The van der Waals surface area contributed by atoms with Gasteiger partial charge in [0.2, 0.25) is 0 Å². The predicted molar refractivity (Wildman–Crippen MR) is 94.0 cm³/mol. The Balaban J connectivity index is 1.92. The molecule has 2 heterocycles. The third kappa shape index (κ3) is 3.68. The second-order valence-corrected chi connectivity index (χ2v) is 9.48. The number of carbonyl (C=O) groups is 1. The third-order valence-corrected chi connectivity index (χ3v) is 7.65. The Morgan fingerprint density at radius 2 is 2.09 bits per heavy atom. The molecule has 0 N–H and O–H groups in total. The van der Waals surface area contributed by atoms with E-state index >= 15 is 0 Å². The van der Waals surface area contributed by atoms with Crippen LogP contribution in [0.5, 0.6) is 0 Å². The molecule has 1 amide bonds. The third-order valence-electron chi connectivity index (χ3n) is 3.81. The second-order valence-electron chi connectivity index (χ2n) is 5.44. The van der Waals surface area contributed by atoms with Crippen molar-refractivity contribution in [3.8, 4) is 0 Å². The summed E-state index contributed by atoms with van der Waals surface area (Å²) in [5, 5.41) is 1.02. The maximum absolute atomic E-state index is 11.9. The molecule has 9 heteroatoms. The number of aliphatic imine (C=N–C) groups is 1. The molecule has 5 nitrogen and oxygen atoms in total. The van der Waals surface area contributed by atoms with Crippen molar-refractivity contribution >= 4 is 55.9 Å². The summed E-state index contributed by atoms with van der Waals surface area (Å²) in [6.45, 7) is 0.414. The highest BCUT2D eigenvalue weighted by Crippen LogP contribution is 2.39. The molecule has 2 atom stereocenters. The molecule has 124 valence electrons. The van der Waals surface area contributed by atoms with Gasteiger partial charge in [-0.1, -0.05) is 41.6 Å². The molecule has 2 saturated heterocycles. The van der Waals surface area contributed by atoms with Crippen LogP contribution in [-0.2, 0) is 21.2 Å². The molecular formula is C14H14Cl2N2O3S2. The Bertz CT molecular complexity index is 767. The number of hydrogen-bond donors (Lipinski definition) is 0. The number of amides is 1. The smallest absolute Gasteiger partial charge is 0.262 e. The standard InChI is InChI=1S/C14H14Cl2N2O3S2/c15-5-13(19)17-14-18(6-9-3-1-2-4-10(9)16)11-7-23(20,21)8-12(11)22-14/h1-4,11-12H,5-8H2/t11-,12+/m0/s1. The summed E-state index contributed by atoms with van der Waals surface area (Å²) in [6.07, 6.45) is 0. The molecule has 0 spiro atoms. The number of carbonyl (C=O) groups excluding carboxylic acids is 1. The molecular weight excluding hydrogens is 379 g/mol. The van der Waals surface area contributed by atoms with Crippen LogP contribution < -0.4 is 0 Å². The summed E-state index contributed by atoms with van der Waals surface area (Å²) in [4.78, 5) is 17.5. The Hall–Kier alpha value is -0.760. The van der Waals surface area contributed by atoms with Gasteiger partial charge in [0, 0.05) is 16.8 Å². The number of hydrogen-bond acceptors (Lipinski definition) is 4. The highest BCUT2D eigenvalue weighted by Gasteiger charge is 2.48. The van der Waals surface area contributed by atoms with E-state index in [1.54, 1.807) is 6.07 Å². The Kier molecular flexibility index (Phi) is 4.92. The van der Waals surface area contributed by atoms with Crippen molar-refractivity contribution in [2.75, 3.05) is 17.4 Å². The Morgan fingerprint density at radius 3 is 2.78 bits per heavy atom. The lowest BCUT2D eigenvalue weighted by atomic mass is 10.1. The van der Waals surface area contributed by atoms with E-state index in [9.17, 15) is 13.2 Å². The van der Waals surface area contributed by atoms with Crippen LogP contribution in [0.25, 0.3) is 0 Å². The molecule has 2 aliphatic rings. The molecule has 0 bridgehead atoms. The number of nitrogens with zero attached hydrogens (tertiary/aromatic N) is 2. The van der Waals surface area contributed by atoms with Crippen molar-refractivity contribution < 1.29 is 13.2 Å². The van der Waals surface area contributed by atoms with Gasteiger partial charge in [-0.25, -0.2) is 8.42 Å². The van der Waals surface area contributed by atoms with Crippen LogP contribution in [0.15, 0.2) is 29.3 Å². The number of alkyl halides is 1. The fourth-order valence-electron chi connectivity index (χ4n) is 2.77. The van der Waals surface area contributed by atoms with Crippen LogP contribution in [0.3, 0.4) is 0 Å². The minimum Gasteiger partial charge on any atom is -0.342 e. The molecule has 3 rings (SSSR count). The quantitative estimate of drug-likeness (QED) is 0.737. The van der Waals surface area contributed by atoms with E-state index in [2.05, 4.69) is 4.99 Å². The topological polar surface area (TPSA) is 66.8 Å². The van der Waals surface area contributed by atoms with Crippen LogP contribution in [0, 0.1) is 0 Å². The van der Waals surface area contributed by atoms with Gasteiger partial charge in [-0.05, 0) is 11.6 Å². The molecule has 0 aliphatic carbocycles. The first kappa shape index (κ1) is 17.1. The van der Waals surface area contributed by atoms with Gasteiger partial charge >= 0.3 is 0 Å². The van der Waals surface area contributed by atoms with Crippen molar-refractivity contribution in [2.24, 2.45) is 4.99 Å². The monoisotopic (exact) mass is 392 g/mol. The van der Waals surface area contributed by atoms with Crippen LogP contribution in [0.1, 0.15) is 5.56 Å². The number of rotatable bonds is 3. The highest BCUT2D eigenvalue weighted by atomic mass is 35.5. The van der Waals surface area contributed by atoms with Crippen LogP contribution in [0.2, 0.25) is 5.02 Å². The molecule has 0 aromatic heterocycles. The largest absolute Gasteiger partial charge is 0.342 e. The van der Waals surface area contributed by atoms with E-state index in [0.717, 1.165) is 5.56 Å². The molecule has 0 radical (unpaired) electrons. The number of benzene rings is 1. The summed E-state index contributed by atoms with van der Waals surface area (Å²) in [5.74, 6) is -0.447. The second kappa shape index (κ2) is 6.63. The zero-order chi connectivity index (χ0) is 16.6. The first-order valence-corrected chi connectivity index (χ1v) is 10.6. The highest BCUT2D eigenvalue weighted by molar-refractivity contribution is 8.15. The van der Waals surface area contributed by atoms with E-state index in [4.69, 9.17) is 23.2 Å². The summed E-state index contributed by atoms with van der Waals surface area (Å²) in [5.41, 5.74) is 0.866. The molecule has 2 fully saturated rings. The van der Waals surface area contributed by atoms with Crippen LogP contribution in [0.4, 0.5) is 0 Å². The van der Waals surface area contributed by atoms with Crippen LogP contribution >= 0.6 is 35.0 Å². The van der Waals surface area contributed by atoms with Gasteiger partial charge in [0.25, 0.3) is 5.91 Å². The average molecular weight is 393 g/mol. The summed E-state index contributed by atoms with van der Waals surface area (Å²) < 4.78 is 23.8. The van der Waals surface area contributed by atoms with Crippen LogP contribution in [-0.4, -0.2) is 53.1 Å². The number of halogens is 2. The molecule has 23 heavy (non-hydrogen) atoms. The van der Waals surface area contributed by atoms with E-state index in [1.165, 1.54) is 11.8 Å². The molecule has 2 aliphatic heterocycles. The van der Waals surface area contributed by atoms with E-state index < -0.39 is 15.7 Å².